The van der Waals surface area contributed by atoms with E-state index in [1.54, 1.807) is 12.1 Å². The number of nitrogens with one attached hydrogen (secondary N) is 1. The fourth-order valence-electron chi connectivity index (χ4n) is 3.04. The number of amides is 1. The Morgan fingerprint density at radius 1 is 1.28 bits per heavy atom. The van der Waals surface area contributed by atoms with E-state index in [1.165, 1.54) is 10.4 Å². The molecule has 0 aliphatic carbocycles. The van der Waals surface area contributed by atoms with Crippen molar-refractivity contribution in [2.75, 3.05) is 17.1 Å². The van der Waals surface area contributed by atoms with Crippen molar-refractivity contribution in [3.8, 4) is 5.75 Å². The van der Waals surface area contributed by atoms with Crippen molar-refractivity contribution in [1.29, 1.82) is 0 Å². The quantitative estimate of drug-likeness (QED) is 0.841. The van der Waals surface area contributed by atoms with Crippen LogP contribution in [0.15, 0.2) is 18.2 Å². The van der Waals surface area contributed by atoms with Crippen LogP contribution >= 0.6 is 11.6 Å². The topological polar surface area (TPSA) is 75.7 Å². The standard InChI is InChI=1S/C17H25ClN2O4S/c1-10(2)16(11(3)4)19-17(21)15-9-20(25(5,22)23)13-8-12(18)6-7-14(13)24-15/h6-8,10-11,15-16H,9H2,1-5H3,(H,19,21)/t15-/m1/s1. The van der Waals surface area contributed by atoms with Gasteiger partial charge < -0.3 is 10.1 Å². The number of carbonyl (C=O) groups excluding carboxylic acids is 1. The Morgan fingerprint density at radius 2 is 1.88 bits per heavy atom. The first-order valence-corrected chi connectivity index (χ1v) is 10.5. The Morgan fingerprint density at radius 3 is 2.40 bits per heavy atom. The molecular weight excluding hydrogens is 364 g/mol. The summed E-state index contributed by atoms with van der Waals surface area (Å²) in [4.78, 5) is 12.7. The smallest absolute Gasteiger partial charge is 0.263 e. The minimum Gasteiger partial charge on any atom is -0.476 e. The van der Waals surface area contributed by atoms with E-state index in [0.29, 0.717) is 16.5 Å². The van der Waals surface area contributed by atoms with Crippen molar-refractivity contribution in [1.82, 2.24) is 5.32 Å². The lowest BCUT2D eigenvalue weighted by atomic mass is 9.93. The van der Waals surface area contributed by atoms with Gasteiger partial charge in [-0.25, -0.2) is 8.42 Å². The molecule has 0 aromatic heterocycles. The summed E-state index contributed by atoms with van der Waals surface area (Å²) in [5.74, 6) is 0.516. The van der Waals surface area contributed by atoms with E-state index in [2.05, 4.69) is 5.32 Å². The average Bonchev–Trinajstić information content (AvgIpc) is 2.49. The molecule has 1 amide bonds. The van der Waals surface area contributed by atoms with Gasteiger partial charge in [0, 0.05) is 11.1 Å². The van der Waals surface area contributed by atoms with Gasteiger partial charge in [-0.1, -0.05) is 39.3 Å². The van der Waals surface area contributed by atoms with E-state index < -0.39 is 16.1 Å². The van der Waals surface area contributed by atoms with Gasteiger partial charge >= 0.3 is 0 Å². The van der Waals surface area contributed by atoms with Crippen LogP contribution in [0.3, 0.4) is 0 Å². The molecule has 0 radical (unpaired) electrons. The predicted molar refractivity (Wildman–Crippen MR) is 99.7 cm³/mol. The average molecular weight is 389 g/mol. The number of anilines is 1. The highest BCUT2D eigenvalue weighted by Crippen LogP contribution is 2.37. The van der Waals surface area contributed by atoms with Crippen LogP contribution in [0.4, 0.5) is 5.69 Å². The Kier molecular flexibility index (Phi) is 5.89. The summed E-state index contributed by atoms with van der Waals surface area (Å²) < 4.78 is 31.3. The monoisotopic (exact) mass is 388 g/mol. The largest absolute Gasteiger partial charge is 0.476 e. The SMILES string of the molecule is CC(C)C(NC(=O)[C@H]1CN(S(C)(=O)=O)c2cc(Cl)ccc2O1)C(C)C. The first-order valence-electron chi connectivity index (χ1n) is 8.25. The lowest BCUT2D eigenvalue weighted by molar-refractivity contribution is -0.129. The highest BCUT2D eigenvalue weighted by atomic mass is 35.5. The second kappa shape index (κ2) is 7.41. The third-order valence-electron chi connectivity index (χ3n) is 4.23. The Labute approximate surface area is 154 Å². The summed E-state index contributed by atoms with van der Waals surface area (Å²) >= 11 is 5.97. The maximum absolute atomic E-state index is 12.7. The second-order valence-electron chi connectivity index (χ2n) is 7.04. The number of benzene rings is 1. The zero-order chi connectivity index (χ0) is 18.9. The third kappa shape index (κ3) is 4.58. The number of carbonyl (C=O) groups is 1. The Hall–Kier alpha value is -1.47. The van der Waals surface area contributed by atoms with Gasteiger partial charge in [0.25, 0.3) is 5.91 Å². The normalized spacial score (nSPS) is 17.6. The number of fused-ring (bicyclic) bond motifs is 1. The van der Waals surface area contributed by atoms with Crippen LogP contribution < -0.4 is 14.4 Å². The van der Waals surface area contributed by atoms with Crippen molar-refractivity contribution in [2.24, 2.45) is 11.8 Å². The highest BCUT2D eigenvalue weighted by Gasteiger charge is 2.36. The lowest BCUT2D eigenvalue weighted by Gasteiger charge is -2.35. The minimum atomic E-state index is -3.57. The van der Waals surface area contributed by atoms with E-state index in [-0.39, 0.29) is 30.3 Å². The van der Waals surface area contributed by atoms with E-state index >= 15 is 0 Å². The molecule has 1 aromatic rings. The number of ether oxygens (including phenoxy) is 1. The first-order chi connectivity index (χ1) is 11.5. The zero-order valence-corrected chi connectivity index (χ0v) is 16.7. The van der Waals surface area contributed by atoms with Gasteiger partial charge in [-0.3, -0.25) is 9.10 Å². The fraction of sp³-hybridized carbons (Fsp3) is 0.588. The van der Waals surface area contributed by atoms with Gasteiger partial charge in [0.1, 0.15) is 5.75 Å². The molecule has 0 saturated heterocycles. The van der Waals surface area contributed by atoms with E-state index in [4.69, 9.17) is 16.3 Å². The summed E-state index contributed by atoms with van der Waals surface area (Å²) in [7, 11) is -3.57. The molecule has 1 atom stereocenters. The molecule has 2 rings (SSSR count). The molecule has 0 bridgehead atoms. The zero-order valence-electron chi connectivity index (χ0n) is 15.1. The van der Waals surface area contributed by atoms with Crippen molar-refractivity contribution < 1.29 is 17.9 Å². The number of sulfonamides is 1. The number of nitrogens with zero attached hydrogens (tertiary/aromatic N) is 1. The van der Waals surface area contributed by atoms with Crippen LogP contribution in [-0.4, -0.2) is 39.3 Å². The van der Waals surface area contributed by atoms with E-state index in [9.17, 15) is 13.2 Å². The molecule has 140 valence electrons. The molecule has 25 heavy (non-hydrogen) atoms. The number of hydrogen-bond donors (Lipinski definition) is 1. The van der Waals surface area contributed by atoms with Gasteiger partial charge in [-0.15, -0.1) is 0 Å². The molecule has 0 spiro atoms. The first kappa shape index (κ1) is 19.8. The molecule has 1 N–H and O–H groups in total. The molecule has 1 heterocycles. The second-order valence-corrected chi connectivity index (χ2v) is 9.38. The number of rotatable bonds is 5. The van der Waals surface area contributed by atoms with Crippen LogP contribution in [0.25, 0.3) is 0 Å². The molecular formula is C17H25ClN2O4S. The van der Waals surface area contributed by atoms with Gasteiger partial charge in [0.15, 0.2) is 6.10 Å². The molecule has 1 aromatic carbocycles. The van der Waals surface area contributed by atoms with Gasteiger partial charge in [0.2, 0.25) is 10.0 Å². The van der Waals surface area contributed by atoms with Gasteiger partial charge in [-0.2, -0.15) is 0 Å². The number of hydrogen-bond acceptors (Lipinski definition) is 4. The molecule has 0 fully saturated rings. The Balaban J connectivity index is 2.30. The molecule has 0 unspecified atom stereocenters. The van der Waals surface area contributed by atoms with Crippen LogP contribution in [0.1, 0.15) is 27.7 Å². The molecule has 1 aliphatic rings. The summed E-state index contributed by atoms with van der Waals surface area (Å²) in [5, 5.41) is 3.39. The van der Waals surface area contributed by atoms with E-state index in [0.717, 1.165) is 6.26 Å². The molecule has 6 nitrogen and oxygen atoms in total. The fourth-order valence-corrected chi connectivity index (χ4v) is 4.11. The lowest BCUT2D eigenvalue weighted by Crippen LogP contribution is -2.54. The van der Waals surface area contributed by atoms with Crippen LogP contribution in [0.2, 0.25) is 5.02 Å². The van der Waals surface area contributed by atoms with Crippen LogP contribution in [0.5, 0.6) is 5.75 Å². The third-order valence-corrected chi connectivity index (χ3v) is 5.61. The highest BCUT2D eigenvalue weighted by molar-refractivity contribution is 7.92. The molecule has 8 heteroatoms. The number of halogens is 1. The minimum absolute atomic E-state index is 0.0191. The van der Waals surface area contributed by atoms with Crippen LogP contribution in [-0.2, 0) is 14.8 Å². The molecule has 0 saturated carbocycles. The Bertz CT molecular complexity index is 741. The molecule has 1 aliphatic heterocycles. The van der Waals surface area contributed by atoms with Gasteiger partial charge in [0.05, 0.1) is 18.5 Å². The summed E-state index contributed by atoms with van der Waals surface area (Å²) in [6.07, 6.45) is 0.187. The maximum Gasteiger partial charge on any atom is 0.263 e. The summed E-state index contributed by atoms with van der Waals surface area (Å²) in [6, 6.07) is 4.69. The van der Waals surface area contributed by atoms with Crippen molar-refractivity contribution >= 4 is 33.2 Å². The van der Waals surface area contributed by atoms with E-state index in [1.807, 2.05) is 27.7 Å². The predicted octanol–water partition coefficient (Wildman–Crippen LogP) is 2.66. The van der Waals surface area contributed by atoms with Crippen LogP contribution in [0, 0.1) is 11.8 Å². The van der Waals surface area contributed by atoms with Crippen molar-refractivity contribution in [3.05, 3.63) is 23.2 Å². The van der Waals surface area contributed by atoms with Gasteiger partial charge in [-0.05, 0) is 30.0 Å². The van der Waals surface area contributed by atoms with Crippen molar-refractivity contribution in [3.63, 3.8) is 0 Å². The van der Waals surface area contributed by atoms with Crippen molar-refractivity contribution in [2.45, 2.75) is 39.8 Å². The summed E-state index contributed by atoms with van der Waals surface area (Å²) in [6.45, 7) is 8.06. The maximum atomic E-state index is 12.7. The summed E-state index contributed by atoms with van der Waals surface area (Å²) in [5.41, 5.74) is 0.350.